The second-order valence-corrected chi connectivity index (χ2v) is 6.57. The molecule has 21 heavy (non-hydrogen) atoms. The molecule has 0 radical (unpaired) electrons. The molecular formula is C16H23ClN4. The van der Waals surface area contributed by atoms with Crippen LogP contribution in [0.2, 0.25) is 5.02 Å². The summed E-state index contributed by atoms with van der Waals surface area (Å²) in [5, 5.41) is 0.749. The van der Waals surface area contributed by atoms with E-state index in [1.807, 2.05) is 18.2 Å². The number of H-pyrrole nitrogens is 1. The molecule has 3 rings (SSSR count). The molecule has 0 saturated carbocycles. The normalized spacial score (nSPS) is 19.9. The lowest BCUT2D eigenvalue weighted by Gasteiger charge is -2.25. The number of aromatic amines is 1. The first-order valence-corrected chi connectivity index (χ1v) is 8.02. The highest BCUT2D eigenvalue weighted by Crippen LogP contribution is 2.18. The number of aromatic nitrogens is 2. The van der Waals surface area contributed by atoms with E-state index in [9.17, 15) is 0 Å². The molecule has 1 fully saturated rings. The number of nitrogens with one attached hydrogen (secondary N) is 1. The van der Waals surface area contributed by atoms with Gasteiger partial charge in [0.2, 0.25) is 0 Å². The second kappa shape index (κ2) is 6.34. The van der Waals surface area contributed by atoms with E-state index in [2.05, 4.69) is 33.9 Å². The average molecular weight is 307 g/mol. The van der Waals surface area contributed by atoms with Crippen molar-refractivity contribution in [1.82, 2.24) is 19.8 Å². The summed E-state index contributed by atoms with van der Waals surface area (Å²) in [6.07, 6.45) is 3.60. The number of rotatable bonds is 5. The molecule has 1 N–H and O–H groups in total. The van der Waals surface area contributed by atoms with Crippen LogP contribution < -0.4 is 0 Å². The fourth-order valence-electron chi connectivity index (χ4n) is 3.11. The van der Waals surface area contributed by atoms with Gasteiger partial charge in [-0.1, -0.05) is 11.6 Å². The molecule has 1 saturated heterocycles. The fraction of sp³-hybridized carbons (Fsp3) is 0.562. The van der Waals surface area contributed by atoms with Gasteiger partial charge in [-0.25, -0.2) is 4.98 Å². The van der Waals surface area contributed by atoms with Crippen LogP contribution >= 0.6 is 11.6 Å². The summed E-state index contributed by atoms with van der Waals surface area (Å²) < 4.78 is 0. The SMILES string of the molecule is CN(CCc1nc2ccc(Cl)cc2[nH]1)C[C@H]1CCCN1C. The van der Waals surface area contributed by atoms with E-state index in [0.29, 0.717) is 6.04 Å². The molecule has 1 atom stereocenters. The van der Waals surface area contributed by atoms with Crippen molar-refractivity contribution in [3.8, 4) is 0 Å². The summed E-state index contributed by atoms with van der Waals surface area (Å²) in [5.74, 6) is 1.04. The quantitative estimate of drug-likeness (QED) is 0.922. The number of hydrogen-bond acceptors (Lipinski definition) is 3. The van der Waals surface area contributed by atoms with E-state index >= 15 is 0 Å². The maximum Gasteiger partial charge on any atom is 0.108 e. The third-order valence-electron chi connectivity index (χ3n) is 4.42. The van der Waals surface area contributed by atoms with E-state index < -0.39 is 0 Å². The Bertz CT molecular complexity index is 609. The lowest BCUT2D eigenvalue weighted by molar-refractivity contribution is 0.221. The topological polar surface area (TPSA) is 35.2 Å². The van der Waals surface area contributed by atoms with Gasteiger partial charge in [0.15, 0.2) is 0 Å². The summed E-state index contributed by atoms with van der Waals surface area (Å²) in [6, 6.07) is 6.50. The summed E-state index contributed by atoms with van der Waals surface area (Å²) in [4.78, 5) is 12.9. The molecule has 5 heteroatoms. The van der Waals surface area contributed by atoms with Crippen molar-refractivity contribution >= 4 is 22.6 Å². The number of halogens is 1. The van der Waals surface area contributed by atoms with Gasteiger partial charge in [0, 0.05) is 30.6 Å². The van der Waals surface area contributed by atoms with E-state index in [-0.39, 0.29) is 0 Å². The summed E-state index contributed by atoms with van der Waals surface area (Å²) in [5.41, 5.74) is 2.02. The Balaban J connectivity index is 1.55. The van der Waals surface area contributed by atoms with Crippen molar-refractivity contribution in [3.63, 3.8) is 0 Å². The van der Waals surface area contributed by atoms with Crippen LogP contribution in [0.5, 0.6) is 0 Å². The summed E-state index contributed by atoms with van der Waals surface area (Å²) >= 11 is 6.00. The standard InChI is InChI=1S/C16H23ClN4/c1-20(11-13-4-3-8-21(13)2)9-7-16-18-14-6-5-12(17)10-15(14)19-16/h5-6,10,13H,3-4,7-9,11H2,1-2H3,(H,18,19)/t13-/m1/s1. The number of likely N-dealkylation sites (N-methyl/N-ethyl adjacent to an activating group) is 2. The predicted molar refractivity (Wildman–Crippen MR) is 88.0 cm³/mol. The first-order chi connectivity index (χ1) is 10.1. The van der Waals surface area contributed by atoms with Gasteiger partial charge in [0.05, 0.1) is 11.0 Å². The van der Waals surface area contributed by atoms with Crippen LogP contribution in [0.1, 0.15) is 18.7 Å². The number of likely N-dealkylation sites (tertiary alicyclic amines) is 1. The van der Waals surface area contributed by atoms with Crippen LogP contribution in [0.25, 0.3) is 11.0 Å². The Morgan fingerprint density at radius 1 is 1.48 bits per heavy atom. The highest BCUT2D eigenvalue weighted by Gasteiger charge is 2.21. The van der Waals surface area contributed by atoms with Crippen molar-refractivity contribution in [2.24, 2.45) is 0 Å². The van der Waals surface area contributed by atoms with Gasteiger partial charge in [0.1, 0.15) is 5.82 Å². The molecule has 0 aliphatic carbocycles. The van der Waals surface area contributed by atoms with Crippen LogP contribution in [0.4, 0.5) is 0 Å². The summed E-state index contributed by atoms with van der Waals surface area (Å²) in [6.45, 7) is 3.41. The predicted octanol–water partition coefficient (Wildman–Crippen LogP) is 2.78. The van der Waals surface area contributed by atoms with Crippen molar-refractivity contribution in [2.45, 2.75) is 25.3 Å². The fourth-order valence-corrected chi connectivity index (χ4v) is 3.28. The third kappa shape index (κ3) is 3.57. The lowest BCUT2D eigenvalue weighted by atomic mass is 10.2. The van der Waals surface area contributed by atoms with Crippen molar-refractivity contribution < 1.29 is 0 Å². The molecule has 1 aliphatic heterocycles. The molecule has 0 bridgehead atoms. The van der Waals surface area contributed by atoms with Gasteiger partial charge >= 0.3 is 0 Å². The van der Waals surface area contributed by atoms with Gasteiger partial charge in [0.25, 0.3) is 0 Å². The Kier molecular flexibility index (Phi) is 4.48. The molecule has 114 valence electrons. The second-order valence-electron chi connectivity index (χ2n) is 6.13. The molecular weight excluding hydrogens is 284 g/mol. The molecule has 1 aromatic heterocycles. The third-order valence-corrected chi connectivity index (χ3v) is 4.65. The van der Waals surface area contributed by atoms with Gasteiger partial charge in [-0.2, -0.15) is 0 Å². The van der Waals surface area contributed by atoms with Gasteiger partial charge in [-0.3, -0.25) is 0 Å². The highest BCUT2D eigenvalue weighted by molar-refractivity contribution is 6.31. The van der Waals surface area contributed by atoms with E-state index in [1.165, 1.54) is 19.4 Å². The Morgan fingerprint density at radius 2 is 2.33 bits per heavy atom. The van der Waals surface area contributed by atoms with Crippen LogP contribution in [-0.2, 0) is 6.42 Å². The molecule has 1 aromatic carbocycles. The largest absolute Gasteiger partial charge is 0.342 e. The zero-order valence-electron chi connectivity index (χ0n) is 12.8. The average Bonchev–Trinajstić information content (AvgIpc) is 3.02. The Labute approximate surface area is 131 Å². The minimum Gasteiger partial charge on any atom is -0.342 e. The van der Waals surface area contributed by atoms with E-state index in [0.717, 1.165) is 41.4 Å². The molecule has 0 spiro atoms. The van der Waals surface area contributed by atoms with Crippen LogP contribution in [0, 0.1) is 0 Å². The molecule has 2 heterocycles. The molecule has 0 amide bonds. The van der Waals surface area contributed by atoms with Gasteiger partial charge in [-0.15, -0.1) is 0 Å². The van der Waals surface area contributed by atoms with Crippen molar-refractivity contribution in [1.29, 1.82) is 0 Å². The number of nitrogens with zero attached hydrogens (tertiary/aromatic N) is 3. The van der Waals surface area contributed by atoms with E-state index in [4.69, 9.17) is 11.6 Å². The van der Waals surface area contributed by atoms with Crippen molar-refractivity contribution in [2.75, 3.05) is 33.7 Å². The number of hydrogen-bond donors (Lipinski definition) is 1. The number of imidazole rings is 1. The molecule has 4 nitrogen and oxygen atoms in total. The Hall–Kier alpha value is -1.10. The Morgan fingerprint density at radius 3 is 3.10 bits per heavy atom. The maximum absolute atomic E-state index is 6.00. The zero-order valence-corrected chi connectivity index (χ0v) is 13.5. The number of fused-ring (bicyclic) bond motifs is 1. The summed E-state index contributed by atoms with van der Waals surface area (Å²) in [7, 11) is 4.43. The minimum absolute atomic E-state index is 0.712. The van der Waals surface area contributed by atoms with E-state index in [1.54, 1.807) is 0 Å². The molecule has 0 unspecified atom stereocenters. The molecule has 1 aliphatic rings. The monoisotopic (exact) mass is 306 g/mol. The lowest BCUT2D eigenvalue weighted by Crippen LogP contribution is -2.37. The van der Waals surface area contributed by atoms with Crippen LogP contribution in [0.15, 0.2) is 18.2 Å². The van der Waals surface area contributed by atoms with Crippen molar-refractivity contribution in [3.05, 3.63) is 29.0 Å². The van der Waals surface area contributed by atoms with Crippen LogP contribution in [0.3, 0.4) is 0 Å². The van der Waals surface area contributed by atoms with Gasteiger partial charge < -0.3 is 14.8 Å². The zero-order chi connectivity index (χ0) is 14.8. The minimum atomic E-state index is 0.712. The smallest absolute Gasteiger partial charge is 0.108 e. The van der Waals surface area contributed by atoms with Gasteiger partial charge in [-0.05, 0) is 51.7 Å². The first kappa shape index (κ1) is 14.8. The number of benzene rings is 1. The molecule has 2 aromatic rings. The first-order valence-electron chi connectivity index (χ1n) is 7.65. The maximum atomic E-state index is 6.00. The highest BCUT2D eigenvalue weighted by atomic mass is 35.5. The van der Waals surface area contributed by atoms with Crippen LogP contribution in [-0.4, -0.2) is 59.5 Å².